The third-order valence-electron chi connectivity index (χ3n) is 4.80. The number of carbonyl (C=O) groups excluding carboxylic acids is 1. The van der Waals surface area contributed by atoms with Crippen molar-refractivity contribution in [3.63, 3.8) is 0 Å². The number of rotatable bonds is 10. The molecule has 0 saturated heterocycles. The van der Waals surface area contributed by atoms with Gasteiger partial charge in [0.05, 0.1) is 10.8 Å². The maximum absolute atomic E-state index is 11.4. The van der Waals surface area contributed by atoms with Gasteiger partial charge in [-0.05, 0) is 28.9 Å². The minimum absolute atomic E-state index is 0. The zero-order chi connectivity index (χ0) is 20.5. The number of nitrogens with one attached hydrogen (secondary N) is 1. The SMILES string of the molecule is O=[C-]NC(CCSC(c1ccccc1)(c1ccccc1)c1ccccc1)C(=O)O.[Fm]. The molecule has 0 aliphatic carbocycles. The third kappa shape index (κ3) is 4.67. The van der Waals surface area contributed by atoms with Gasteiger partial charge >= 0.3 is 5.97 Å². The van der Waals surface area contributed by atoms with Crippen molar-refractivity contribution < 1.29 is 14.7 Å². The first-order valence-electron chi connectivity index (χ1n) is 9.34. The van der Waals surface area contributed by atoms with E-state index in [2.05, 4.69) is 41.7 Å². The molecule has 0 aromatic heterocycles. The van der Waals surface area contributed by atoms with Crippen molar-refractivity contribution in [3.8, 4) is 0 Å². The smallest absolute Gasteiger partial charge is 0.323 e. The molecule has 1 atom stereocenters. The van der Waals surface area contributed by atoms with E-state index in [-0.39, 0.29) is 0 Å². The Morgan fingerprint density at radius 1 is 0.867 bits per heavy atom. The van der Waals surface area contributed by atoms with Crippen LogP contribution in [0.3, 0.4) is 0 Å². The minimum atomic E-state index is -1.06. The number of hydrogen-bond donors (Lipinski definition) is 2. The van der Waals surface area contributed by atoms with Gasteiger partial charge in [-0.1, -0.05) is 91.0 Å². The fourth-order valence-corrected chi connectivity index (χ4v) is 4.99. The Bertz CT molecular complexity index is 826. The molecule has 0 aliphatic heterocycles. The molecule has 0 radical (unpaired) electrons. The van der Waals surface area contributed by atoms with Crippen molar-refractivity contribution in [3.05, 3.63) is 108 Å². The maximum atomic E-state index is 11.4. The van der Waals surface area contributed by atoms with E-state index >= 15 is 0 Å². The number of amides is 1. The van der Waals surface area contributed by atoms with Gasteiger partial charge in [0.2, 0.25) is 0 Å². The molecule has 2 N–H and O–H groups in total. The summed E-state index contributed by atoms with van der Waals surface area (Å²) in [6.07, 6.45) is 1.80. The van der Waals surface area contributed by atoms with Gasteiger partial charge in [-0.3, -0.25) is 4.79 Å². The van der Waals surface area contributed by atoms with Crippen molar-refractivity contribution in [2.75, 3.05) is 5.75 Å². The van der Waals surface area contributed by atoms with Crippen LogP contribution in [0.5, 0.6) is 0 Å². The summed E-state index contributed by atoms with van der Waals surface area (Å²) < 4.78 is -0.502. The first-order chi connectivity index (χ1) is 14.2. The fourth-order valence-electron chi connectivity index (χ4n) is 3.43. The van der Waals surface area contributed by atoms with Gasteiger partial charge in [0.25, 0.3) is 0 Å². The Hall–Kier alpha value is -4.05. The molecule has 4 nitrogen and oxygen atoms in total. The summed E-state index contributed by atoms with van der Waals surface area (Å²) in [5, 5.41) is 11.6. The molecule has 160 valence electrons. The van der Waals surface area contributed by atoms with E-state index in [4.69, 9.17) is 0 Å². The first-order valence-corrected chi connectivity index (χ1v) is 10.3. The van der Waals surface area contributed by atoms with Crippen molar-refractivity contribution in [1.29, 1.82) is 0 Å². The van der Waals surface area contributed by atoms with Crippen LogP contribution in [0, 0.1) is 0 Å². The Labute approximate surface area is 175 Å². The molecule has 1 unspecified atom stereocenters. The van der Waals surface area contributed by atoms with Crippen LogP contribution in [0.15, 0.2) is 91.0 Å². The van der Waals surface area contributed by atoms with Crippen LogP contribution in [0.1, 0.15) is 23.1 Å². The summed E-state index contributed by atoms with van der Waals surface area (Å²) >= 11 is 1.67. The molecule has 0 heterocycles. The van der Waals surface area contributed by atoms with E-state index in [0.29, 0.717) is 12.2 Å². The molecule has 0 aliphatic rings. The molecule has 0 bridgehead atoms. The zero-order valence-corrected chi connectivity index (χ0v) is 19.3. The van der Waals surface area contributed by atoms with Crippen LogP contribution < -0.4 is 5.32 Å². The molecule has 0 saturated carbocycles. The van der Waals surface area contributed by atoms with E-state index in [9.17, 15) is 14.7 Å². The summed E-state index contributed by atoms with van der Waals surface area (Å²) in [4.78, 5) is 22.0. The first kappa shape index (κ1) is 22.2. The number of hydrogen-bond acceptors (Lipinski definition) is 3. The van der Waals surface area contributed by atoms with Gasteiger partial charge in [-0.15, -0.1) is 11.8 Å². The van der Waals surface area contributed by atoms with Crippen LogP contribution in [0.4, 0.5) is 0 Å². The average Bonchev–Trinajstić information content (AvgIpc) is 2.78. The fraction of sp³-hybridized carbons (Fsp3) is 0.167. The van der Waals surface area contributed by atoms with Gasteiger partial charge in [-0.25, -0.2) is 0 Å². The third-order valence-corrected chi connectivity index (χ3v) is 6.38. The Morgan fingerprint density at radius 2 is 1.27 bits per heavy atom. The van der Waals surface area contributed by atoms with Gasteiger partial charge < -0.3 is 15.2 Å². The number of benzene rings is 3. The van der Waals surface area contributed by atoms with Gasteiger partial charge in [-0.2, -0.15) is 6.41 Å². The molecule has 30 heavy (non-hydrogen) atoms. The van der Waals surface area contributed by atoms with Crippen LogP contribution in [-0.4, -0.2) is 29.3 Å². The second-order valence-electron chi connectivity index (χ2n) is 6.55. The normalized spacial score (nSPS) is 11.7. The molecule has 0 fully saturated rings. The predicted octanol–water partition coefficient (Wildman–Crippen LogP) is 4.21. The number of carboxylic acid groups (broad SMARTS) is 1. The molecule has 3 aromatic rings. The number of carboxylic acids is 1. The van der Waals surface area contributed by atoms with Gasteiger partial charge in [0.15, 0.2) is 0 Å². The topological polar surface area (TPSA) is 66.4 Å². The molecular weight excluding hydrogens is 639 g/mol. The Kier molecular flexibility index (Phi) is 7.77. The van der Waals surface area contributed by atoms with Crippen LogP contribution >= 0.6 is 11.8 Å². The van der Waals surface area contributed by atoms with Crippen LogP contribution in [-0.2, 0) is 14.3 Å². The van der Waals surface area contributed by atoms with Crippen LogP contribution in [0.25, 0.3) is 0 Å². The van der Waals surface area contributed by atoms with Crippen molar-refractivity contribution >= 4 is 24.1 Å². The van der Waals surface area contributed by atoms with E-state index < -0.39 is 16.8 Å². The predicted molar refractivity (Wildman–Crippen MR) is 117 cm³/mol. The largest absolute Gasteiger partial charge is 0.520 e. The maximum Gasteiger partial charge on any atom is 0.323 e. The minimum Gasteiger partial charge on any atom is -0.520 e. The van der Waals surface area contributed by atoms with Crippen molar-refractivity contribution in [2.45, 2.75) is 17.2 Å². The zero-order valence-electron chi connectivity index (χ0n) is 16.1. The second-order valence-corrected chi connectivity index (χ2v) is 7.86. The van der Waals surface area contributed by atoms with Gasteiger partial charge in [0, 0.05) is 0 Å². The Balaban J connectivity index is 0.00000320. The standard InChI is InChI=1S/C24H22NO3S.Fm/c26-18-25-22(23(27)28)16-17-29-24(19-10-4-1-5-11-19,20-12-6-2-7-13-20)21-14-8-3-9-15-21;/h1-15,22H,16-17H2,(H,25,26)(H,27,28);/q-1;. The van der Waals surface area contributed by atoms with Crippen LogP contribution in [0.2, 0.25) is 0 Å². The summed E-state index contributed by atoms with van der Waals surface area (Å²) in [6.45, 7) is 0. The average molecular weight is 662 g/mol. The van der Waals surface area contributed by atoms with E-state index in [1.165, 1.54) is 6.41 Å². The summed E-state index contributed by atoms with van der Waals surface area (Å²) in [5.41, 5.74) is 3.34. The monoisotopic (exact) mass is 661 g/mol. The number of carbonyl (C=O) groups is 1. The van der Waals surface area contributed by atoms with E-state index in [1.807, 2.05) is 54.6 Å². The number of thioether (sulfide) groups is 1. The summed E-state index contributed by atoms with van der Waals surface area (Å²) in [6, 6.07) is 29.7. The molecule has 3 aromatic carbocycles. The molecule has 6 heteroatoms. The van der Waals surface area contributed by atoms with Gasteiger partial charge in [0.1, 0.15) is 0 Å². The molecular formula is C24H22FmNO3S-. The molecule has 1 amide bonds. The summed E-state index contributed by atoms with van der Waals surface area (Å²) in [7, 11) is 0. The van der Waals surface area contributed by atoms with E-state index in [0.717, 1.165) is 16.7 Å². The quantitative estimate of drug-likeness (QED) is 0.194. The number of aliphatic carboxylic acids is 1. The van der Waals surface area contributed by atoms with Crippen molar-refractivity contribution in [1.82, 2.24) is 5.32 Å². The second kappa shape index (κ2) is 10.5. The Morgan fingerprint density at radius 3 is 1.60 bits per heavy atom. The molecule has 0 spiro atoms. The molecule has 3 rings (SSSR count). The van der Waals surface area contributed by atoms with E-state index in [1.54, 1.807) is 11.8 Å². The van der Waals surface area contributed by atoms with Crippen molar-refractivity contribution in [2.24, 2.45) is 0 Å². The summed E-state index contributed by atoms with van der Waals surface area (Å²) in [5.74, 6) is -0.525.